The SMILES string of the molecule is CN=C(NCc1ccc(C)cc1OC1CCOC1)NCC(c1cccs1)N(C)C. The number of hydrogen-bond acceptors (Lipinski definition) is 5. The molecule has 1 aromatic heterocycles. The summed E-state index contributed by atoms with van der Waals surface area (Å²) in [6.07, 6.45) is 1.08. The summed E-state index contributed by atoms with van der Waals surface area (Å²) in [5.74, 6) is 1.71. The van der Waals surface area contributed by atoms with Crippen LogP contribution in [-0.2, 0) is 11.3 Å². The standard InChI is InChI=1S/C22H32N4O2S/c1-16-7-8-17(20(12-16)28-18-9-10-27-15-18)13-24-22(23-2)25-14-19(26(3)4)21-6-5-11-29-21/h5-8,11-12,18-19H,9-10,13-15H2,1-4H3,(H2,23,24,25). The Bertz CT molecular complexity index is 786. The molecule has 0 bridgehead atoms. The second-order valence-corrected chi connectivity index (χ2v) is 8.50. The Morgan fingerprint density at radius 2 is 2.21 bits per heavy atom. The van der Waals surface area contributed by atoms with E-state index >= 15 is 0 Å². The van der Waals surface area contributed by atoms with Crippen LogP contribution in [0.2, 0.25) is 0 Å². The molecule has 0 radical (unpaired) electrons. The average Bonchev–Trinajstić information content (AvgIpc) is 3.40. The van der Waals surface area contributed by atoms with Crippen molar-refractivity contribution in [2.45, 2.75) is 32.0 Å². The van der Waals surface area contributed by atoms with Gasteiger partial charge in [-0.1, -0.05) is 18.2 Å². The summed E-state index contributed by atoms with van der Waals surface area (Å²) < 4.78 is 11.6. The smallest absolute Gasteiger partial charge is 0.191 e. The summed E-state index contributed by atoms with van der Waals surface area (Å²) >= 11 is 1.78. The molecule has 6 nitrogen and oxygen atoms in total. The largest absolute Gasteiger partial charge is 0.488 e. The van der Waals surface area contributed by atoms with Crippen LogP contribution in [0.1, 0.15) is 28.5 Å². The topological polar surface area (TPSA) is 58.1 Å². The van der Waals surface area contributed by atoms with Crippen molar-refractivity contribution >= 4 is 17.3 Å². The number of thiophene rings is 1. The van der Waals surface area contributed by atoms with Crippen molar-refractivity contribution in [2.75, 3.05) is 40.9 Å². The number of guanidine groups is 1. The molecule has 2 heterocycles. The lowest BCUT2D eigenvalue weighted by atomic mass is 10.1. The molecule has 29 heavy (non-hydrogen) atoms. The van der Waals surface area contributed by atoms with E-state index in [0.29, 0.717) is 19.2 Å². The van der Waals surface area contributed by atoms with Gasteiger partial charge in [0.25, 0.3) is 0 Å². The van der Waals surface area contributed by atoms with Gasteiger partial charge in [-0.3, -0.25) is 4.99 Å². The van der Waals surface area contributed by atoms with E-state index in [4.69, 9.17) is 9.47 Å². The lowest BCUT2D eigenvalue weighted by Crippen LogP contribution is -2.41. The van der Waals surface area contributed by atoms with Crippen LogP contribution in [0, 0.1) is 6.92 Å². The molecule has 1 aliphatic rings. The van der Waals surface area contributed by atoms with Crippen molar-refractivity contribution in [1.29, 1.82) is 0 Å². The molecule has 0 amide bonds. The number of hydrogen-bond donors (Lipinski definition) is 2. The first-order valence-electron chi connectivity index (χ1n) is 10.0. The Kier molecular flexibility index (Phi) is 7.91. The van der Waals surface area contributed by atoms with Crippen LogP contribution in [0.15, 0.2) is 40.7 Å². The number of benzene rings is 1. The van der Waals surface area contributed by atoms with Crippen LogP contribution in [0.4, 0.5) is 0 Å². The molecule has 1 aliphatic heterocycles. The molecule has 2 unspecified atom stereocenters. The second-order valence-electron chi connectivity index (χ2n) is 7.52. The lowest BCUT2D eigenvalue weighted by molar-refractivity contribution is 0.140. The molecule has 2 N–H and O–H groups in total. The fraction of sp³-hybridized carbons (Fsp3) is 0.500. The van der Waals surface area contributed by atoms with Crippen LogP contribution >= 0.6 is 11.3 Å². The highest BCUT2D eigenvalue weighted by Gasteiger charge is 2.19. The van der Waals surface area contributed by atoms with Crippen LogP contribution in [0.5, 0.6) is 5.75 Å². The highest BCUT2D eigenvalue weighted by molar-refractivity contribution is 7.10. The first kappa shape index (κ1) is 21.6. The summed E-state index contributed by atoms with van der Waals surface area (Å²) in [5.41, 5.74) is 2.31. The fourth-order valence-electron chi connectivity index (χ4n) is 3.31. The Morgan fingerprint density at radius 1 is 1.34 bits per heavy atom. The fourth-order valence-corrected chi connectivity index (χ4v) is 4.24. The quantitative estimate of drug-likeness (QED) is 0.511. The first-order chi connectivity index (χ1) is 14.1. The molecule has 1 aromatic carbocycles. The second kappa shape index (κ2) is 10.6. The summed E-state index contributed by atoms with van der Waals surface area (Å²) in [7, 11) is 6.00. The Hall–Kier alpha value is -2.09. The third-order valence-corrected chi connectivity index (χ3v) is 6.01. The maximum Gasteiger partial charge on any atom is 0.191 e. The van der Waals surface area contributed by atoms with Gasteiger partial charge < -0.3 is 25.0 Å². The van der Waals surface area contributed by atoms with E-state index in [0.717, 1.165) is 36.8 Å². The zero-order valence-corrected chi connectivity index (χ0v) is 18.6. The first-order valence-corrected chi connectivity index (χ1v) is 10.9. The zero-order chi connectivity index (χ0) is 20.6. The number of rotatable bonds is 8. The molecular weight excluding hydrogens is 384 g/mol. The molecule has 7 heteroatoms. The van der Waals surface area contributed by atoms with Crippen LogP contribution < -0.4 is 15.4 Å². The van der Waals surface area contributed by atoms with E-state index in [-0.39, 0.29) is 6.10 Å². The summed E-state index contributed by atoms with van der Waals surface area (Å²) in [4.78, 5) is 7.95. The molecule has 1 fully saturated rings. The predicted octanol–water partition coefficient (Wildman–Crippen LogP) is 3.19. The molecule has 0 aliphatic carbocycles. The summed E-state index contributed by atoms with van der Waals surface area (Å²) in [6.45, 7) is 4.95. The normalized spacial score (nSPS) is 18.1. The van der Waals surface area contributed by atoms with Crippen molar-refractivity contribution in [1.82, 2.24) is 15.5 Å². The molecule has 0 spiro atoms. The van der Waals surface area contributed by atoms with Gasteiger partial charge in [0, 0.05) is 37.0 Å². The molecular formula is C22H32N4O2S. The van der Waals surface area contributed by atoms with E-state index < -0.39 is 0 Å². The monoisotopic (exact) mass is 416 g/mol. The third-order valence-electron chi connectivity index (χ3n) is 5.03. The van der Waals surface area contributed by atoms with Crippen molar-refractivity contribution in [2.24, 2.45) is 4.99 Å². The van der Waals surface area contributed by atoms with Gasteiger partial charge in [-0.05, 0) is 44.1 Å². The van der Waals surface area contributed by atoms with Crippen molar-refractivity contribution in [3.63, 3.8) is 0 Å². The van der Waals surface area contributed by atoms with Gasteiger partial charge in [0.15, 0.2) is 5.96 Å². The predicted molar refractivity (Wildman–Crippen MR) is 120 cm³/mol. The van der Waals surface area contributed by atoms with Gasteiger partial charge in [-0.2, -0.15) is 0 Å². The number of aliphatic imine (C=N–C) groups is 1. The molecule has 1 saturated heterocycles. The van der Waals surface area contributed by atoms with Crippen LogP contribution in [-0.4, -0.2) is 57.9 Å². The van der Waals surface area contributed by atoms with Gasteiger partial charge in [0.05, 0.1) is 19.3 Å². The minimum absolute atomic E-state index is 0.139. The summed E-state index contributed by atoms with van der Waals surface area (Å²) in [6, 6.07) is 10.9. The number of ether oxygens (including phenoxy) is 2. The highest BCUT2D eigenvalue weighted by Crippen LogP contribution is 2.24. The van der Waals surface area contributed by atoms with Crippen molar-refractivity contribution in [3.8, 4) is 5.75 Å². The van der Waals surface area contributed by atoms with Gasteiger partial charge >= 0.3 is 0 Å². The zero-order valence-electron chi connectivity index (χ0n) is 17.8. The van der Waals surface area contributed by atoms with Gasteiger partial charge in [0.2, 0.25) is 0 Å². The van der Waals surface area contributed by atoms with E-state index in [2.05, 4.69) is 77.3 Å². The third kappa shape index (κ3) is 6.19. The number of nitrogens with one attached hydrogen (secondary N) is 2. The Morgan fingerprint density at radius 3 is 2.86 bits per heavy atom. The summed E-state index contributed by atoms with van der Waals surface area (Å²) in [5, 5.41) is 9.00. The minimum atomic E-state index is 0.139. The van der Waals surface area contributed by atoms with Gasteiger partial charge in [-0.15, -0.1) is 11.3 Å². The lowest BCUT2D eigenvalue weighted by Gasteiger charge is -2.25. The molecule has 0 saturated carbocycles. The van der Waals surface area contributed by atoms with E-state index in [1.807, 2.05) is 0 Å². The number of aryl methyl sites for hydroxylation is 1. The Labute approximate surface area is 177 Å². The molecule has 2 atom stereocenters. The van der Waals surface area contributed by atoms with Crippen molar-refractivity contribution < 1.29 is 9.47 Å². The van der Waals surface area contributed by atoms with Crippen LogP contribution in [0.25, 0.3) is 0 Å². The van der Waals surface area contributed by atoms with E-state index in [1.54, 1.807) is 18.4 Å². The molecule has 158 valence electrons. The van der Waals surface area contributed by atoms with Gasteiger partial charge in [-0.25, -0.2) is 0 Å². The maximum atomic E-state index is 6.20. The number of nitrogens with zero attached hydrogens (tertiary/aromatic N) is 2. The van der Waals surface area contributed by atoms with E-state index in [1.165, 1.54) is 10.4 Å². The van der Waals surface area contributed by atoms with Gasteiger partial charge in [0.1, 0.15) is 11.9 Å². The van der Waals surface area contributed by atoms with Crippen LogP contribution in [0.3, 0.4) is 0 Å². The Balaban J connectivity index is 1.59. The number of likely N-dealkylation sites (N-methyl/N-ethyl adjacent to an activating group) is 1. The molecule has 3 rings (SSSR count). The molecule has 2 aromatic rings. The average molecular weight is 417 g/mol. The van der Waals surface area contributed by atoms with E-state index in [9.17, 15) is 0 Å². The maximum absolute atomic E-state index is 6.20. The minimum Gasteiger partial charge on any atom is -0.488 e. The van der Waals surface area contributed by atoms with Crippen molar-refractivity contribution in [3.05, 3.63) is 51.7 Å². The highest BCUT2D eigenvalue weighted by atomic mass is 32.1.